The molecule has 0 saturated carbocycles. The highest BCUT2D eigenvalue weighted by Crippen LogP contribution is 2.22. The van der Waals surface area contributed by atoms with E-state index < -0.39 is 11.9 Å². The predicted molar refractivity (Wildman–Crippen MR) is 129 cm³/mol. The number of hydrogen-bond donors (Lipinski definition) is 2. The number of nitrogens with one attached hydrogen (secondary N) is 2. The van der Waals surface area contributed by atoms with E-state index in [2.05, 4.69) is 10.6 Å². The number of carbonyl (C=O) groups is 4. The van der Waals surface area contributed by atoms with E-state index in [-0.39, 0.29) is 36.2 Å². The largest absolute Gasteiger partial charge is 0.457 e. The summed E-state index contributed by atoms with van der Waals surface area (Å²) in [6, 6.07) is 12.5. The number of esters is 2. The number of ether oxygens (including phenoxy) is 3. The molecule has 188 valence electrons. The standard InChI is InChI=1S/C26H32N2O7/c1-17(2)13-27-23(29)15-33-25(31)19-5-9-21(10-6-19)35-22-11-7-20(8-12-22)26(32)34-16-24(30)28-14-18(3)4/h5-12,17-18H,13-16H2,1-4H3,(H,27,29)(H,28,30). The van der Waals surface area contributed by atoms with Crippen molar-refractivity contribution < 1.29 is 33.4 Å². The van der Waals surface area contributed by atoms with Crippen LogP contribution in [-0.2, 0) is 19.1 Å². The van der Waals surface area contributed by atoms with Crippen LogP contribution in [0.15, 0.2) is 48.5 Å². The fourth-order valence-electron chi connectivity index (χ4n) is 2.62. The molecule has 0 fully saturated rings. The number of carbonyl (C=O) groups excluding carboxylic acids is 4. The van der Waals surface area contributed by atoms with Gasteiger partial charge in [0.15, 0.2) is 13.2 Å². The lowest BCUT2D eigenvalue weighted by molar-refractivity contribution is -0.125. The third-order valence-electron chi connectivity index (χ3n) is 4.50. The second kappa shape index (κ2) is 13.7. The van der Waals surface area contributed by atoms with Gasteiger partial charge in [0, 0.05) is 13.1 Å². The maximum atomic E-state index is 12.1. The summed E-state index contributed by atoms with van der Waals surface area (Å²) in [4.78, 5) is 47.5. The average molecular weight is 485 g/mol. The number of rotatable bonds is 12. The molecule has 0 aliphatic heterocycles. The quantitative estimate of drug-likeness (QED) is 0.443. The van der Waals surface area contributed by atoms with Gasteiger partial charge < -0.3 is 24.8 Å². The van der Waals surface area contributed by atoms with Gasteiger partial charge in [-0.05, 0) is 60.4 Å². The molecule has 2 aromatic rings. The van der Waals surface area contributed by atoms with Crippen LogP contribution in [0.4, 0.5) is 0 Å². The van der Waals surface area contributed by atoms with Gasteiger partial charge in [0.1, 0.15) is 11.5 Å². The molecular weight excluding hydrogens is 452 g/mol. The van der Waals surface area contributed by atoms with E-state index in [0.717, 1.165) is 0 Å². The second-order valence-electron chi connectivity index (χ2n) is 8.70. The minimum Gasteiger partial charge on any atom is -0.457 e. The van der Waals surface area contributed by atoms with E-state index in [1.807, 2.05) is 27.7 Å². The molecule has 0 aliphatic rings. The highest BCUT2D eigenvalue weighted by atomic mass is 16.5. The Morgan fingerprint density at radius 2 is 0.971 bits per heavy atom. The van der Waals surface area contributed by atoms with Crippen LogP contribution in [0.25, 0.3) is 0 Å². The van der Waals surface area contributed by atoms with Gasteiger partial charge in [-0.25, -0.2) is 9.59 Å². The van der Waals surface area contributed by atoms with Gasteiger partial charge in [-0.2, -0.15) is 0 Å². The Morgan fingerprint density at radius 3 is 1.29 bits per heavy atom. The first-order valence-corrected chi connectivity index (χ1v) is 11.4. The van der Waals surface area contributed by atoms with Crippen molar-refractivity contribution in [2.75, 3.05) is 26.3 Å². The van der Waals surface area contributed by atoms with Gasteiger partial charge in [-0.3, -0.25) is 9.59 Å². The fourth-order valence-corrected chi connectivity index (χ4v) is 2.62. The van der Waals surface area contributed by atoms with E-state index in [9.17, 15) is 19.2 Å². The third kappa shape index (κ3) is 10.3. The maximum absolute atomic E-state index is 12.1. The van der Waals surface area contributed by atoms with Gasteiger partial charge in [0.2, 0.25) is 0 Å². The normalized spacial score (nSPS) is 10.6. The van der Waals surface area contributed by atoms with Crippen molar-refractivity contribution in [1.29, 1.82) is 0 Å². The van der Waals surface area contributed by atoms with E-state index in [1.165, 1.54) is 24.3 Å². The summed E-state index contributed by atoms with van der Waals surface area (Å²) in [5.41, 5.74) is 0.564. The molecule has 9 heteroatoms. The Kier molecular flexibility index (Phi) is 10.7. The Hall–Kier alpha value is -3.88. The summed E-state index contributed by atoms with van der Waals surface area (Å²) >= 11 is 0. The van der Waals surface area contributed by atoms with E-state index >= 15 is 0 Å². The highest BCUT2D eigenvalue weighted by molar-refractivity contribution is 5.92. The molecule has 2 amide bonds. The van der Waals surface area contributed by atoms with Crippen LogP contribution >= 0.6 is 0 Å². The molecule has 0 aliphatic carbocycles. The van der Waals surface area contributed by atoms with Crippen LogP contribution in [0, 0.1) is 11.8 Å². The first-order chi connectivity index (χ1) is 16.6. The lowest BCUT2D eigenvalue weighted by atomic mass is 10.2. The molecule has 0 heterocycles. The number of hydrogen-bond acceptors (Lipinski definition) is 7. The van der Waals surface area contributed by atoms with Gasteiger partial charge in [-0.1, -0.05) is 27.7 Å². The van der Waals surface area contributed by atoms with Crippen LogP contribution in [0.3, 0.4) is 0 Å². The second-order valence-corrected chi connectivity index (χ2v) is 8.70. The molecule has 0 atom stereocenters. The van der Waals surface area contributed by atoms with Crippen molar-refractivity contribution in [2.24, 2.45) is 11.8 Å². The molecule has 0 unspecified atom stereocenters. The molecule has 35 heavy (non-hydrogen) atoms. The average Bonchev–Trinajstić information content (AvgIpc) is 2.84. The predicted octanol–water partition coefficient (Wildman–Crippen LogP) is 3.34. The summed E-state index contributed by atoms with van der Waals surface area (Å²) in [6.45, 7) is 8.21. The molecule has 0 spiro atoms. The van der Waals surface area contributed by atoms with Crippen LogP contribution in [0.1, 0.15) is 48.4 Å². The summed E-state index contributed by atoms with van der Waals surface area (Å²) in [6.07, 6.45) is 0. The Balaban J connectivity index is 1.81. The Morgan fingerprint density at radius 1 is 0.629 bits per heavy atom. The van der Waals surface area contributed by atoms with Crippen LogP contribution in [-0.4, -0.2) is 50.1 Å². The van der Waals surface area contributed by atoms with Crippen molar-refractivity contribution in [3.8, 4) is 11.5 Å². The highest BCUT2D eigenvalue weighted by Gasteiger charge is 2.12. The van der Waals surface area contributed by atoms with Crippen LogP contribution in [0.2, 0.25) is 0 Å². The summed E-state index contributed by atoms with van der Waals surface area (Å²) in [7, 11) is 0. The van der Waals surface area contributed by atoms with E-state index in [0.29, 0.717) is 36.4 Å². The zero-order valence-electron chi connectivity index (χ0n) is 20.5. The third-order valence-corrected chi connectivity index (χ3v) is 4.50. The van der Waals surface area contributed by atoms with Crippen molar-refractivity contribution in [2.45, 2.75) is 27.7 Å². The lowest BCUT2D eigenvalue weighted by Crippen LogP contribution is -2.31. The Labute approximate surface area is 205 Å². The summed E-state index contributed by atoms with van der Waals surface area (Å²) < 4.78 is 15.7. The van der Waals surface area contributed by atoms with Gasteiger partial charge in [0.25, 0.3) is 11.8 Å². The molecule has 2 rings (SSSR count). The molecule has 9 nitrogen and oxygen atoms in total. The Bertz CT molecular complexity index is 918. The summed E-state index contributed by atoms with van der Waals surface area (Å²) in [5.74, 6) is -0.391. The van der Waals surface area contributed by atoms with E-state index in [4.69, 9.17) is 14.2 Å². The lowest BCUT2D eigenvalue weighted by Gasteiger charge is -2.10. The molecule has 2 N–H and O–H groups in total. The minimum atomic E-state index is -0.614. The number of amides is 2. The summed E-state index contributed by atoms with van der Waals surface area (Å²) in [5, 5.41) is 5.35. The fraction of sp³-hybridized carbons (Fsp3) is 0.385. The molecule has 0 aromatic heterocycles. The van der Waals surface area contributed by atoms with Gasteiger partial charge >= 0.3 is 11.9 Å². The topological polar surface area (TPSA) is 120 Å². The zero-order valence-corrected chi connectivity index (χ0v) is 20.5. The monoisotopic (exact) mass is 484 g/mol. The van der Waals surface area contributed by atoms with Crippen LogP contribution < -0.4 is 15.4 Å². The SMILES string of the molecule is CC(C)CNC(=O)COC(=O)c1ccc(Oc2ccc(C(=O)OCC(=O)NCC(C)C)cc2)cc1. The van der Waals surface area contributed by atoms with Gasteiger partial charge in [0.05, 0.1) is 11.1 Å². The smallest absolute Gasteiger partial charge is 0.338 e. The van der Waals surface area contributed by atoms with Crippen molar-refractivity contribution in [3.63, 3.8) is 0 Å². The first-order valence-electron chi connectivity index (χ1n) is 11.4. The van der Waals surface area contributed by atoms with Crippen molar-refractivity contribution >= 4 is 23.8 Å². The minimum absolute atomic E-state index is 0.282. The van der Waals surface area contributed by atoms with Crippen molar-refractivity contribution in [3.05, 3.63) is 59.7 Å². The maximum Gasteiger partial charge on any atom is 0.338 e. The van der Waals surface area contributed by atoms with Crippen molar-refractivity contribution in [1.82, 2.24) is 10.6 Å². The molecular formula is C26H32N2O7. The molecule has 0 saturated heterocycles. The number of benzene rings is 2. The zero-order chi connectivity index (χ0) is 25.8. The molecule has 0 bridgehead atoms. The van der Waals surface area contributed by atoms with E-state index in [1.54, 1.807) is 24.3 Å². The van der Waals surface area contributed by atoms with Crippen LogP contribution in [0.5, 0.6) is 11.5 Å². The first kappa shape index (κ1) is 27.4. The molecule has 0 radical (unpaired) electrons. The molecule has 2 aromatic carbocycles. The van der Waals surface area contributed by atoms with Gasteiger partial charge in [-0.15, -0.1) is 0 Å².